The molecule has 1 rings (SSSR count). The van der Waals surface area contributed by atoms with Gasteiger partial charge in [-0.1, -0.05) is 11.6 Å². The lowest BCUT2D eigenvalue weighted by atomic mass is 10.1. The van der Waals surface area contributed by atoms with Crippen LogP contribution in [0.4, 0.5) is 18.9 Å². The van der Waals surface area contributed by atoms with Crippen molar-refractivity contribution in [2.75, 3.05) is 12.8 Å². The van der Waals surface area contributed by atoms with E-state index in [2.05, 4.69) is 4.74 Å². The molecule has 1 aromatic carbocycles. The molecular formula is C9H7ClF3NO2. The average molecular weight is 254 g/mol. The number of hydrogen-bond donors (Lipinski definition) is 1. The molecule has 0 saturated heterocycles. The van der Waals surface area contributed by atoms with E-state index in [1.165, 1.54) is 0 Å². The summed E-state index contributed by atoms with van der Waals surface area (Å²) in [4.78, 5) is 11.1. The van der Waals surface area contributed by atoms with Crippen LogP contribution in [0, 0.1) is 0 Å². The minimum absolute atomic E-state index is 0.362. The number of carbonyl (C=O) groups is 1. The maximum Gasteiger partial charge on any atom is 0.419 e. The second-order valence-corrected chi connectivity index (χ2v) is 3.28. The fourth-order valence-corrected chi connectivity index (χ4v) is 1.44. The summed E-state index contributed by atoms with van der Waals surface area (Å²) in [5, 5.41) is -0.558. The number of hydrogen-bond acceptors (Lipinski definition) is 3. The highest BCUT2D eigenvalue weighted by Gasteiger charge is 2.37. The number of carbonyl (C=O) groups excluding carboxylic acids is 1. The van der Waals surface area contributed by atoms with Gasteiger partial charge in [0.2, 0.25) is 0 Å². The third-order valence-electron chi connectivity index (χ3n) is 1.88. The third kappa shape index (κ3) is 2.21. The highest BCUT2D eigenvalue weighted by Crippen LogP contribution is 2.40. The number of methoxy groups -OCH3 is 1. The summed E-state index contributed by atoms with van der Waals surface area (Å²) < 4.78 is 41.9. The molecule has 0 unspecified atom stereocenters. The number of nitrogen functional groups attached to an aromatic ring is 1. The molecule has 2 N–H and O–H groups in total. The van der Waals surface area contributed by atoms with Crippen molar-refractivity contribution >= 4 is 23.3 Å². The summed E-state index contributed by atoms with van der Waals surface area (Å²) in [6, 6.07) is 2.03. The van der Waals surface area contributed by atoms with Crippen molar-refractivity contribution in [3.05, 3.63) is 28.3 Å². The predicted molar refractivity (Wildman–Crippen MR) is 52.2 cm³/mol. The van der Waals surface area contributed by atoms with E-state index in [1.807, 2.05) is 0 Å². The van der Waals surface area contributed by atoms with Gasteiger partial charge in [0.05, 0.1) is 28.9 Å². The number of anilines is 1. The highest BCUT2D eigenvalue weighted by molar-refractivity contribution is 6.32. The first-order valence-corrected chi connectivity index (χ1v) is 4.40. The van der Waals surface area contributed by atoms with Gasteiger partial charge in [-0.05, 0) is 12.1 Å². The number of benzene rings is 1. The highest BCUT2D eigenvalue weighted by atomic mass is 35.5. The van der Waals surface area contributed by atoms with Crippen LogP contribution in [0.3, 0.4) is 0 Å². The van der Waals surface area contributed by atoms with E-state index in [0.29, 0.717) is 0 Å². The second kappa shape index (κ2) is 4.21. The molecule has 16 heavy (non-hydrogen) atoms. The molecule has 0 atom stereocenters. The third-order valence-corrected chi connectivity index (χ3v) is 2.20. The van der Waals surface area contributed by atoms with Crippen LogP contribution in [0.2, 0.25) is 5.02 Å². The Labute approximate surface area is 93.9 Å². The Morgan fingerprint density at radius 1 is 1.44 bits per heavy atom. The lowest BCUT2D eigenvalue weighted by molar-refractivity contribution is -0.136. The number of alkyl halides is 3. The van der Waals surface area contributed by atoms with Crippen LogP contribution in [-0.2, 0) is 10.9 Å². The topological polar surface area (TPSA) is 52.3 Å². The van der Waals surface area contributed by atoms with Crippen LogP contribution in [0.15, 0.2) is 12.1 Å². The number of nitrogens with two attached hydrogens (primary N) is 1. The molecule has 3 nitrogen and oxygen atoms in total. The molecule has 0 aliphatic rings. The first-order chi connectivity index (χ1) is 7.29. The molecule has 88 valence electrons. The predicted octanol–water partition coefficient (Wildman–Crippen LogP) is 2.73. The fraction of sp³-hybridized carbons (Fsp3) is 0.222. The quantitative estimate of drug-likeness (QED) is 0.618. The lowest BCUT2D eigenvalue weighted by Crippen LogP contribution is -2.14. The zero-order chi connectivity index (χ0) is 12.5. The first kappa shape index (κ1) is 12.6. The van der Waals surface area contributed by atoms with Crippen molar-refractivity contribution in [2.24, 2.45) is 0 Å². The summed E-state index contributed by atoms with van der Waals surface area (Å²) in [5.74, 6) is -0.945. The zero-order valence-electron chi connectivity index (χ0n) is 8.06. The van der Waals surface area contributed by atoms with Crippen molar-refractivity contribution in [1.82, 2.24) is 0 Å². The van der Waals surface area contributed by atoms with Gasteiger partial charge in [-0.3, -0.25) is 0 Å². The summed E-state index contributed by atoms with van der Waals surface area (Å²) in [7, 11) is 1.05. The Hall–Kier alpha value is -1.43. The van der Waals surface area contributed by atoms with E-state index in [9.17, 15) is 18.0 Å². The monoisotopic (exact) mass is 253 g/mol. The fourth-order valence-electron chi connectivity index (χ4n) is 1.17. The molecule has 1 aromatic rings. The Balaban J connectivity index is 3.45. The SMILES string of the molecule is COC(=O)c1ccc(Cl)c(C(F)(F)F)c1N. The molecule has 0 amide bonds. The Kier molecular flexibility index (Phi) is 3.32. The van der Waals surface area contributed by atoms with Crippen molar-refractivity contribution in [1.29, 1.82) is 0 Å². The zero-order valence-corrected chi connectivity index (χ0v) is 8.82. The summed E-state index contributed by atoms with van der Waals surface area (Å²) in [6.45, 7) is 0. The van der Waals surface area contributed by atoms with Gasteiger partial charge in [0, 0.05) is 0 Å². The van der Waals surface area contributed by atoms with Gasteiger partial charge in [-0.25, -0.2) is 4.79 Å². The largest absolute Gasteiger partial charge is 0.465 e. The molecule has 0 radical (unpaired) electrons. The van der Waals surface area contributed by atoms with Crippen LogP contribution < -0.4 is 5.73 Å². The average Bonchev–Trinajstić information content (AvgIpc) is 2.14. The van der Waals surface area contributed by atoms with Crippen molar-refractivity contribution in [3.63, 3.8) is 0 Å². The van der Waals surface area contributed by atoms with Crippen molar-refractivity contribution in [3.8, 4) is 0 Å². The van der Waals surface area contributed by atoms with Gasteiger partial charge in [-0.2, -0.15) is 13.2 Å². The van der Waals surface area contributed by atoms with Gasteiger partial charge in [0.25, 0.3) is 0 Å². The molecule has 0 fully saturated rings. The van der Waals surface area contributed by atoms with Gasteiger partial charge < -0.3 is 10.5 Å². The second-order valence-electron chi connectivity index (χ2n) is 2.87. The number of esters is 1. The summed E-state index contributed by atoms with van der Waals surface area (Å²) in [5.41, 5.74) is 2.92. The maximum absolute atomic E-state index is 12.5. The number of rotatable bonds is 1. The van der Waals surface area contributed by atoms with E-state index < -0.39 is 28.4 Å². The molecule has 0 saturated carbocycles. The minimum atomic E-state index is -4.72. The normalized spacial score (nSPS) is 11.3. The van der Waals surface area contributed by atoms with E-state index >= 15 is 0 Å². The molecule has 0 bridgehead atoms. The smallest absolute Gasteiger partial charge is 0.419 e. The van der Waals surface area contributed by atoms with Gasteiger partial charge in [-0.15, -0.1) is 0 Å². The molecule has 0 aliphatic heterocycles. The van der Waals surface area contributed by atoms with Gasteiger partial charge in [0.15, 0.2) is 0 Å². The van der Waals surface area contributed by atoms with Crippen LogP contribution in [0.1, 0.15) is 15.9 Å². The summed E-state index contributed by atoms with van der Waals surface area (Å²) >= 11 is 5.38. The van der Waals surface area contributed by atoms with Crippen molar-refractivity contribution < 1.29 is 22.7 Å². The van der Waals surface area contributed by atoms with Crippen LogP contribution in [0.25, 0.3) is 0 Å². The molecular weight excluding hydrogens is 247 g/mol. The Bertz CT molecular complexity index is 431. The Morgan fingerprint density at radius 3 is 2.44 bits per heavy atom. The standard InChI is InChI=1S/C9H7ClF3NO2/c1-16-8(15)4-2-3-5(10)6(7(4)14)9(11,12)13/h2-3H,14H2,1H3. The van der Waals surface area contributed by atoms with Gasteiger partial charge >= 0.3 is 12.1 Å². The van der Waals surface area contributed by atoms with Crippen LogP contribution >= 0.6 is 11.6 Å². The van der Waals surface area contributed by atoms with Gasteiger partial charge in [0.1, 0.15) is 0 Å². The molecule has 0 aromatic heterocycles. The van der Waals surface area contributed by atoms with E-state index in [0.717, 1.165) is 19.2 Å². The van der Waals surface area contributed by atoms with Crippen molar-refractivity contribution in [2.45, 2.75) is 6.18 Å². The minimum Gasteiger partial charge on any atom is -0.465 e. The van der Waals surface area contributed by atoms with E-state index in [1.54, 1.807) is 0 Å². The number of halogens is 4. The van der Waals surface area contributed by atoms with Crippen LogP contribution in [0.5, 0.6) is 0 Å². The molecule has 0 heterocycles. The molecule has 0 spiro atoms. The first-order valence-electron chi connectivity index (χ1n) is 4.02. The number of ether oxygens (including phenoxy) is 1. The van der Waals surface area contributed by atoms with E-state index in [-0.39, 0.29) is 5.56 Å². The maximum atomic E-state index is 12.5. The molecule has 7 heteroatoms. The molecule has 0 aliphatic carbocycles. The van der Waals surface area contributed by atoms with E-state index in [4.69, 9.17) is 17.3 Å². The lowest BCUT2D eigenvalue weighted by Gasteiger charge is -2.14. The Morgan fingerprint density at radius 2 is 2.00 bits per heavy atom. The summed E-state index contributed by atoms with van der Waals surface area (Å²) in [6.07, 6.45) is -4.72. The van der Waals surface area contributed by atoms with Crippen LogP contribution in [-0.4, -0.2) is 13.1 Å².